The highest BCUT2D eigenvalue weighted by Gasteiger charge is 2.71. The van der Waals surface area contributed by atoms with Crippen molar-refractivity contribution in [1.29, 1.82) is 0 Å². The molecule has 6 aliphatic rings. The van der Waals surface area contributed by atoms with Gasteiger partial charge >= 0.3 is 0 Å². The zero-order valence-corrected chi connectivity index (χ0v) is 34.3. The third kappa shape index (κ3) is 7.20. The maximum Gasteiger partial charge on any atom is 0.187 e. The van der Waals surface area contributed by atoms with Gasteiger partial charge in [-0.1, -0.05) is 46.3 Å². The summed E-state index contributed by atoms with van der Waals surface area (Å²) in [6.45, 7) is 16.5. The van der Waals surface area contributed by atoms with Crippen molar-refractivity contribution in [3.63, 3.8) is 0 Å². The first kappa shape index (κ1) is 43.8. The second kappa shape index (κ2) is 15.7. The first-order valence-corrected chi connectivity index (χ1v) is 20.9. The van der Waals surface area contributed by atoms with E-state index in [2.05, 4.69) is 54.5 Å². The largest absolute Gasteiger partial charge is 0.394 e. The lowest BCUT2D eigenvalue weighted by atomic mass is 9.35. The predicted molar refractivity (Wildman–Crippen MR) is 201 cm³/mol. The van der Waals surface area contributed by atoms with Crippen molar-refractivity contribution < 1.29 is 64.9 Å². The third-order valence-corrected chi connectivity index (χ3v) is 16.6. The molecule has 2 heterocycles. The predicted octanol–water partition coefficient (Wildman–Crippen LogP) is 2.15. The lowest BCUT2D eigenvalue weighted by Gasteiger charge is -2.70. The lowest BCUT2D eigenvalue weighted by Crippen LogP contribution is -2.68. The van der Waals surface area contributed by atoms with Gasteiger partial charge in [-0.2, -0.15) is 0 Å². The van der Waals surface area contributed by atoms with Crippen molar-refractivity contribution in [2.75, 3.05) is 13.2 Å². The first-order chi connectivity index (χ1) is 25.6. The Morgan fingerprint density at radius 1 is 0.727 bits per heavy atom. The normalized spacial score (nSPS) is 52.0. The molecule has 0 amide bonds. The molecule has 3 unspecified atom stereocenters. The molecular weight excluding hydrogens is 712 g/mol. The highest BCUT2D eigenvalue weighted by Crippen LogP contribution is 2.76. The molecule has 4 saturated carbocycles. The van der Waals surface area contributed by atoms with E-state index in [9.17, 15) is 46.0 Å². The van der Waals surface area contributed by atoms with E-state index in [1.807, 2.05) is 6.92 Å². The van der Waals surface area contributed by atoms with Crippen molar-refractivity contribution in [2.45, 2.75) is 192 Å². The summed E-state index contributed by atoms with van der Waals surface area (Å²) in [5, 5.41) is 97.4. The van der Waals surface area contributed by atoms with Crippen LogP contribution >= 0.6 is 0 Å². The van der Waals surface area contributed by atoms with Gasteiger partial charge in [-0.05, 0) is 124 Å². The van der Waals surface area contributed by atoms with Crippen LogP contribution in [0.5, 0.6) is 0 Å². The number of allylic oxidation sites excluding steroid dienone is 2. The summed E-state index contributed by atoms with van der Waals surface area (Å²) in [7, 11) is 0. The summed E-state index contributed by atoms with van der Waals surface area (Å²) in [6, 6.07) is 0. The quantitative estimate of drug-likeness (QED) is 0.115. The lowest BCUT2D eigenvalue weighted by molar-refractivity contribution is -0.378. The van der Waals surface area contributed by atoms with Gasteiger partial charge in [0.1, 0.15) is 48.8 Å². The van der Waals surface area contributed by atoms with E-state index in [0.717, 1.165) is 38.5 Å². The molecule has 0 radical (unpaired) electrons. The Hall–Kier alpha value is -0.780. The van der Waals surface area contributed by atoms with Gasteiger partial charge in [0.25, 0.3) is 0 Å². The van der Waals surface area contributed by atoms with E-state index in [4.69, 9.17) is 18.9 Å². The molecule has 13 heteroatoms. The monoisotopic (exact) mass is 784 g/mol. The van der Waals surface area contributed by atoms with Crippen LogP contribution in [0.15, 0.2) is 11.6 Å². The average Bonchev–Trinajstić information content (AvgIpc) is 3.50. The standard InChI is InChI=1S/C42H72O13/c1-21(2)10-9-14-42(8,51)22-11-16-41(7)29(22)23(45)18-27-39(5)15-13-28(38(3,4)26(39)12-17-40(27,41)6)54-37-35(33(49)31(47)25(20-44)53-37)55-36-34(50)32(48)30(46)24(19-43)52-36/h10,22-37,43-51H,9,11-20H2,1-8H3/t22-,23-,24+,25+,26?,27?,28?,29+,30+,31+,32-,33-,34+,35+,36-,37-,39-,40+,41-,42-/m0/s1. The fraction of sp³-hybridized carbons (Fsp3) is 0.952. The smallest absolute Gasteiger partial charge is 0.187 e. The van der Waals surface area contributed by atoms with Gasteiger partial charge in [0.15, 0.2) is 12.6 Å². The summed E-state index contributed by atoms with van der Waals surface area (Å²) in [5.41, 5.74) is -0.405. The average molecular weight is 785 g/mol. The van der Waals surface area contributed by atoms with Crippen LogP contribution in [0.3, 0.4) is 0 Å². The Morgan fingerprint density at radius 2 is 1.33 bits per heavy atom. The number of rotatable bonds is 10. The minimum atomic E-state index is -1.75. The molecule has 6 rings (SSSR count). The highest BCUT2D eigenvalue weighted by atomic mass is 16.8. The molecule has 0 aromatic heterocycles. The molecule has 0 bridgehead atoms. The summed E-state index contributed by atoms with van der Waals surface area (Å²) in [4.78, 5) is 0. The van der Waals surface area contributed by atoms with E-state index in [1.54, 1.807) is 0 Å². The Kier molecular flexibility index (Phi) is 12.5. The van der Waals surface area contributed by atoms with Gasteiger partial charge in [0.05, 0.1) is 31.0 Å². The minimum absolute atomic E-state index is 0.00798. The molecule has 20 atom stereocenters. The summed E-state index contributed by atoms with van der Waals surface area (Å²) in [6.07, 6.45) is -6.48. The summed E-state index contributed by atoms with van der Waals surface area (Å²) in [5.74, 6) is 0.445. The van der Waals surface area contributed by atoms with Crippen LogP contribution in [0.4, 0.5) is 0 Å². The van der Waals surface area contributed by atoms with E-state index in [1.165, 1.54) is 5.57 Å². The molecule has 9 N–H and O–H groups in total. The number of fused-ring (bicyclic) bond motifs is 5. The van der Waals surface area contributed by atoms with Crippen molar-refractivity contribution >= 4 is 0 Å². The topological polar surface area (TPSA) is 219 Å². The van der Waals surface area contributed by atoms with Crippen LogP contribution in [0.2, 0.25) is 0 Å². The SMILES string of the molecule is CC(C)=CCC[C@](C)(O)[C@H]1CC[C@@]2(C)[C@H]1[C@@H](O)CC1[C@@]3(C)CCC(O[C@@H]4O[C@H](CO)[C@@H](O)[C@H](O)[C@H]4O[C@@H]4O[C@H](CO)[C@@H](O)[C@H](O)[C@H]4O)C(C)(C)C3CC[C@]12C. The fourth-order valence-electron chi connectivity index (χ4n) is 13.3. The molecule has 2 saturated heterocycles. The molecular formula is C42H72O13. The van der Waals surface area contributed by atoms with Gasteiger partial charge in [-0.3, -0.25) is 0 Å². The molecule has 318 valence electrons. The zero-order valence-electron chi connectivity index (χ0n) is 34.3. The molecule has 13 nitrogen and oxygen atoms in total. The maximum absolute atomic E-state index is 12.2. The maximum atomic E-state index is 12.2. The Bertz CT molecular complexity index is 1370. The van der Waals surface area contributed by atoms with Crippen molar-refractivity contribution in [1.82, 2.24) is 0 Å². The zero-order chi connectivity index (χ0) is 40.6. The van der Waals surface area contributed by atoms with E-state index in [0.29, 0.717) is 19.3 Å². The van der Waals surface area contributed by atoms with E-state index >= 15 is 0 Å². The molecule has 6 fully saturated rings. The highest BCUT2D eigenvalue weighted by molar-refractivity contribution is 5.20. The second-order valence-electron chi connectivity index (χ2n) is 20.1. The van der Waals surface area contributed by atoms with Gasteiger partial charge in [0, 0.05) is 0 Å². The van der Waals surface area contributed by atoms with E-state index < -0.39 is 97.8 Å². The third-order valence-electron chi connectivity index (χ3n) is 16.6. The van der Waals surface area contributed by atoms with Crippen LogP contribution in [0, 0.1) is 45.3 Å². The first-order valence-electron chi connectivity index (χ1n) is 20.9. The Balaban J connectivity index is 1.23. The van der Waals surface area contributed by atoms with Gasteiger partial charge in [0.2, 0.25) is 0 Å². The van der Waals surface area contributed by atoms with Crippen LogP contribution in [0.1, 0.15) is 113 Å². The van der Waals surface area contributed by atoms with Gasteiger partial charge in [-0.15, -0.1) is 0 Å². The summed E-state index contributed by atoms with van der Waals surface area (Å²) >= 11 is 0. The molecule has 55 heavy (non-hydrogen) atoms. The number of hydrogen-bond acceptors (Lipinski definition) is 13. The Morgan fingerprint density at radius 3 is 1.95 bits per heavy atom. The number of aliphatic hydroxyl groups is 9. The molecule has 0 aromatic rings. The van der Waals surface area contributed by atoms with Crippen LogP contribution in [0.25, 0.3) is 0 Å². The molecule has 2 aliphatic heterocycles. The van der Waals surface area contributed by atoms with Crippen molar-refractivity contribution in [3.8, 4) is 0 Å². The van der Waals surface area contributed by atoms with Crippen LogP contribution in [-0.4, -0.2) is 138 Å². The van der Waals surface area contributed by atoms with Gasteiger partial charge < -0.3 is 64.9 Å². The molecule has 0 aromatic carbocycles. The minimum Gasteiger partial charge on any atom is -0.394 e. The van der Waals surface area contributed by atoms with E-state index in [-0.39, 0.29) is 39.9 Å². The number of aliphatic hydroxyl groups excluding tert-OH is 8. The Labute approximate surface area is 327 Å². The van der Waals surface area contributed by atoms with Gasteiger partial charge in [-0.25, -0.2) is 0 Å². The fourth-order valence-corrected chi connectivity index (χ4v) is 13.3. The van der Waals surface area contributed by atoms with Crippen LogP contribution < -0.4 is 0 Å². The number of ether oxygens (including phenoxy) is 4. The van der Waals surface area contributed by atoms with Crippen molar-refractivity contribution in [2.24, 2.45) is 45.3 Å². The van der Waals surface area contributed by atoms with Crippen LogP contribution in [-0.2, 0) is 18.9 Å². The number of hydrogen-bond donors (Lipinski definition) is 9. The summed E-state index contributed by atoms with van der Waals surface area (Å²) < 4.78 is 24.4. The molecule has 4 aliphatic carbocycles. The van der Waals surface area contributed by atoms with Crippen molar-refractivity contribution in [3.05, 3.63) is 11.6 Å². The second-order valence-corrected chi connectivity index (χ2v) is 20.1. The molecule has 0 spiro atoms.